The van der Waals surface area contributed by atoms with E-state index in [1.165, 1.54) is 44.1 Å². The maximum absolute atomic E-state index is 11.4. The van der Waals surface area contributed by atoms with E-state index < -0.39 is 16.9 Å². The number of nitrogens with two attached hydrogens (primary N) is 1. The molecule has 0 amide bonds. The van der Waals surface area contributed by atoms with Gasteiger partial charge in [0, 0.05) is 11.1 Å². The number of hydrogen-bond donors (Lipinski definition) is 3. The highest BCUT2D eigenvalue weighted by atomic mass is 32.2. The molecule has 0 saturated heterocycles. The van der Waals surface area contributed by atoms with Gasteiger partial charge in [-0.05, 0) is 57.3 Å². The molecule has 0 radical (unpaired) electrons. The fourth-order valence-corrected chi connectivity index (χ4v) is 3.76. The average molecular weight is 413 g/mol. The molecule has 0 aromatic heterocycles. The van der Waals surface area contributed by atoms with E-state index >= 15 is 0 Å². The first kappa shape index (κ1) is 25.1. The van der Waals surface area contributed by atoms with E-state index in [1.54, 1.807) is 0 Å². The molecule has 28 heavy (non-hydrogen) atoms. The third-order valence-electron chi connectivity index (χ3n) is 4.96. The summed E-state index contributed by atoms with van der Waals surface area (Å²) >= 11 is -2.37. The molecule has 5 nitrogen and oxygen atoms in total. The Hall–Kier alpha value is -0.950. The molecular formula is C22H40N2O3S. The van der Waals surface area contributed by atoms with Crippen LogP contribution >= 0.6 is 0 Å². The summed E-state index contributed by atoms with van der Waals surface area (Å²) in [5.74, 6) is 0.453. The fraction of sp³-hybridized carbons (Fsp3) is 0.727. The number of nitrogens with one attached hydrogen (secondary N) is 1. The van der Waals surface area contributed by atoms with E-state index in [1.807, 2.05) is 13.8 Å². The third kappa shape index (κ3) is 9.50. The normalized spacial score (nSPS) is 12.9. The molecule has 1 rings (SSSR count). The Balaban J connectivity index is 2.94. The van der Waals surface area contributed by atoms with Crippen molar-refractivity contribution >= 4 is 11.4 Å². The summed E-state index contributed by atoms with van der Waals surface area (Å²) in [4.78, 5) is 0. The van der Waals surface area contributed by atoms with Crippen LogP contribution in [0.25, 0.3) is 0 Å². The SMILES string of the molecule is CCCCCCCCCc1cc(CCNCC)c(OS(=O)O)c(C(C)(C)N)c1. The molecular weight excluding hydrogens is 372 g/mol. The van der Waals surface area contributed by atoms with Gasteiger partial charge in [-0.3, -0.25) is 4.55 Å². The molecule has 0 aliphatic heterocycles. The Morgan fingerprint density at radius 2 is 1.71 bits per heavy atom. The van der Waals surface area contributed by atoms with Crippen molar-refractivity contribution < 1.29 is 12.9 Å². The van der Waals surface area contributed by atoms with E-state index in [4.69, 9.17) is 9.92 Å². The Morgan fingerprint density at radius 3 is 2.29 bits per heavy atom. The van der Waals surface area contributed by atoms with Crippen molar-refractivity contribution in [1.82, 2.24) is 5.32 Å². The van der Waals surface area contributed by atoms with Crippen molar-refractivity contribution in [2.24, 2.45) is 5.73 Å². The maximum Gasteiger partial charge on any atom is 0.357 e. The summed E-state index contributed by atoms with van der Waals surface area (Å²) in [6, 6.07) is 4.17. The second-order valence-corrected chi connectivity index (χ2v) is 8.73. The topological polar surface area (TPSA) is 84.6 Å². The second-order valence-electron chi connectivity index (χ2n) is 8.13. The third-order valence-corrected chi connectivity index (χ3v) is 5.27. The number of unbranched alkanes of at least 4 members (excludes halogenated alkanes) is 6. The zero-order chi connectivity index (χ0) is 21.0. The van der Waals surface area contributed by atoms with Crippen molar-refractivity contribution in [3.8, 4) is 5.75 Å². The van der Waals surface area contributed by atoms with Crippen LogP contribution < -0.4 is 15.2 Å². The van der Waals surface area contributed by atoms with Crippen LogP contribution in [0, 0.1) is 0 Å². The molecule has 1 unspecified atom stereocenters. The Kier molecular flexibility index (Phi) is 11.9. The van der Waals surface area contributed by atoms with Crippen LogP contribution in [0.15, 0.2) is 12.1 Å². The van der Waals surface area contributed by atoms with Gasteiger partial charge in [0.1, 0.15) is 0 Å². The van der Waals surface area contributed by atoms with Crippen LogP contribution in [-0.4, -0.2) is 21.9 Å². The quantitative estimate of drug-likeness (QED) is 0.283. The van der Waals surface area contributed by atoms with E-state index in [-0.39, 0.29) is 0 Å². The molecule has 0 saturated carbocycles. The van der Waals surface area contributed by atoms with E-state index in [0.717, 1.165) is 43.5 Å². The monoisotopic (exact) mass is 412 g/mol. The Labute approximate surface area is 174 Å². The number of likely N-dealkylation sites (N-methyl/N-ethyl adjacent to an activating group) is 1. The molecule has 6 heteroatoms. The Bertz CT molecular complexity index is 600. The fourth-order valence-electron chi connectivity index (χ4n) is 3.42. The zero-order valence-corrected chi connectivity index (χ0v) is 19.0. The van der Waals surface area contributed by atoms with Crippen LogP contribution in [0.5, 0.6) is 5.75 Å². The first-order valence-electron chi connectivity index (χ1n) is 10.7. The first-order valence-corrected chi connectivity index (χ1v) is 11.8. The number of benzene rings is 1. The molecule has 0 spiro atoms. The minimum atomic E-state index is -2.37. The maximum atomic E-state index is 11.4. The van der Waals surface area contributed by atoms with Crippen LogP contribution in [0.3, 0.4) is 0 Å². The minimum Gasteiger partial charge on any atom is -0.379 e. The molecule has 1 atom stereocenters. The van der Waals surface area contributed by atoms with Crippen LogP contribution in [0.1, 0.15) is 89.3 Å². The van der Waals surface area contributed by atoms with E-state index in [9.17, 15) is 8.76 Å². The lowest BCUT2D eigenvalue weighted by Crippen LogP contribution is -2.30. The van der Waals surface area contributed by atoms with Gasteiger partial charge < -0.3 is 15.2 Å². The van der Waals surface area contributed by atoms with Crippen molar-refractivity contribution in [2.75, 3.05) is 13.1 Å². The van der Waals surface area contributed by atoms with Crippen molar-refractivity contribution in [1.29, 1.82) is 0 Å². The molecule has 0 fully saturated rings. The van der Waals surface area contributed by atoms with Gasteiger partial charge in [-0.25, -0.2) is 0 Å². The van der Waals surface area contributed by atoms with Gasteiger partial charge in [0.15, 0.2) is 5.75 Å². The Morgan fingerprint density at radius 1 is 1.07 bits per heavy atom. The number of rotatable bonds is 15. The van der Waals surface area contributed by atoms with Gasteiger partial charge in [0.2, 0.25) is 0 Å². The molecule has 4 N–H and O–H groups in total. The van der Waals surface area contributed by atoms with Gasteiger partial charge in [0.25, 0.3) is 0 Å². The first-order chi connectivity index (χ1) is 13.3. The second kappa shape index (κ2) is 13.3. The van der Waals surface area contributed by atoms with Gasteiger partial charge in [-0.15, -0.1) is 0 Å². The van der Waals surface area contributed by atoms with Crippen molar-refractivity contribution in [3.63, 3.8) is 0 Å². The van der Waals surface area contributed by atoms with Crippen molar-refractivity contribution in [2.45, 2.75) is 91.0 Å². The summed E-state index contributed by atoms with van der Waals surface area (Å²) in [5.41, 5.74) is 8.68. The zero-order valence-electron chi connectivity index (χ0n) is 18.2. The average Bonchev–Trinajstić information content (AvgIpc) is 2.61. The molecule has 0 heterocycles. The summed E-state index contributed by atoms with van der Waals surface area (Å²) in [6.45, 7) is 9.78. The molecule has 0 bridgehead atoms. The largest absolute Gasteiger partial charge is 0.379 e. The summed E-state index contributed by atoms with van der Waals surface area (Å²) < 4.78 is 26.0. The molecule has 0 aliphatic carbocycles. The van der Waals surface area contributed by atoms with E-state index in [2.05, 4.69) is 31.3 Å². The summed E-state index contributed by atoms with van der Waals surface area (Å²) in [5, 5.41) is 3.31. The van der Waals surface area contributed by atoms with Gasteiger partial charge in [-0.1, -0.05) is 64.5 Å². The highest BCUT2D eigenvalue weighted by molar-refractivity contribution is 7.74. The van der Waals surface area contributed by atoms with E-state index in [0.29, 0.717) is 5.75 Å². The van der Waals surface area contributed by atoms with Crippen LogP contribution in [-0.2, 0) is 29.7 Å². The number of aryl methyl sites for hydroxylation is 1. The van der Waals surface area contributed by atoms with Crippen LogP contribution in [0.4, 0.5) is 0 Å². The smallest absolute Gasteiger partial charge is 0.357 e. The standard InChI is InChI=1S/C22H40N2O3S/c1-5-7-8-9-10-11-12-13-18-16-19(14-15-24-6-2)21(27-28(25)26)20(17-18)22(3,4)23/h16-17,24H,5-15,23H2,1-4H3,(H,25,26). The predicted molar refractivity (Wildman–Crippen MR) is 119 cm³/mol. The number of hydrogen-bond acceptors (Lipinski definition) is 4. The lowest BCUT2D eigenvalue weighted by molar-refractivity contribution is 0.440. The highest BCUT2D eigenvalue weighted by Gasteiger charge is 2.24. The summed E-state index contributed by atoms with van der Waals surface area (Å²) in [6.07, 6.45) is 10.7. The van der Waals surface area contributed by atoms with Gasteiger partial charge in [0.05, 0.1) is 0 Å². The lowest BCUT2D eigenvalue weighted by Gasteiger charge is -2.25. The molecule has 0 aliphatic rings. The molecule has 1 aromatic rings. The lowest BCUT2D eigenvalue weighted by atomic mass is 9.88. The van der Waals surface area contributed by atoms with Gasteiger partial charge >= 0.3 is 11.4 Å². The highest BCUT2D eigenvalue weighted by Crippen LogP contribution is 2.34. The molecule has 1 aromatic carbocycles. The van der Waals surface area contributed by atoms with Crippen molar-refractivity contribution in [3.05, 3.63) is 28.8 Å². The molecule has 162 valence electrons. The van der Waals surface area contributed by atoms with Crippen LogP contribution in [0.2, 0.25) is 0 Å². The predicted octanol–water partition coefficient (Wildman–Crippen LogP) is 4.84. The summed E-state index contributed by atoms with van der Waals surface area (Å²) in [7, 11) is 0. The minimum absolute atomic E-state index is 0.453. The van der Waals surface area contributed by atoms with Gasteiger partial charge in [-0.2, -0.15) is 4.21 Å².